The highest BCUT2D eigenvalue weighted by Gasteiger charge is 2.38. The van der Waals surface area contributed by atoms with Crippen LogP contribution in [0.4, 0.5) is 14.9 Å². The number of carboxylic acid groups (broad SMARTS) is 1. The van der Waals surface area contributed by atoms with Crippen LogP contribution in [0.2, 0.25) is 0 Å². The fourth-order valence-electron chi connectivity index (χ4n) is 3.26. The maximum absolute atomic E-state index is 15.0. The van der Waals surface area contributed by atoms with Crippen LogP contribution >= 0.6 is 11.3 Å². The van der Waals surface area contributed by atoms with Crippen LogP contribution in [0.15, 0.2) is 48.0 Å². The summed E-state index contributed by atoms with van der Waals surface area (Å²) < 4.78 is 21.9. The topological polar surface area (TPSA) is 80.6 Å². The third-order valence-corrected chi connectivity index (χ3v) is 5.68. The van der Waals surface area contributed by atoms with Crippen molar-refractivity contribution >= 4 is 29.0 Å². The third kappa shape index (κ3) is 2.83. The van der Waals surface area contributed by atoms with Gasteiger partial charge in [0, 0.05) is 22.2 Å². The first-order chi connectivity index (χ1) is 12.9. The zero-order valence-corrected chi connectivity index (χ0v) is 15.0. The Morgan fingerprint density at radius 3 is 2.89 bits per heavy atom. The summed E-state index contributed by atoms with van der Waals surface area (Å²) >= 11 is 1.43. The van der Waals surface area contributed by atoms with Gasteiger partial charge in [-0.05, 0) is 42.6 Å². The van der Waals surface area contributed by atoms with Gasteiger partial charge in [0.25, 0.3) is 5.91 Å². The molecule has 3 aromatic rings. The monoisotopic (exact) mass is 386 g/mol. The summed E-state index contributed by atoms with van der Waals surface area (Å²) in [4.78, 5) is 24.3. The average molecular weight is 386 g/mol. The van der Waals surface area contributed by atoms with Crippen LogP contribution in [0.3, 0.4) is 0 Å². The van der Waals surface area contributed by atoms with Gasteiger partial charge in [-0.15, -0.1) is 11.3 Å². The summed E-state index contributed by atoms with van der Waals surface area (Å²) in [6.45, 7) is 1.56. The van der Waals surface area contributed by atoms with E-state index in [1.165, 1.54) is 23.6 Å². The predicted octanol–water partition coefficient (Wildman–Crippen LogP) is 4.11. The molecule has 8 heteroatoms. The molecule has 1 aliphatic rings. The van der Waals surface area contributed by atoms with E-state index >= 15 is 0 Å². The first-order valence-corrected chi connectivity index (χ1v) is 9.01. The van der Waals surface area contributed by atoms with Gasteiger partial charge in [-0.1, -0.05) is 6.07 Å². The number of aromatic nitrogens is 1. The zero-order valence-electron chi connectivity index (χ0n) is 14.2. The highest BCUT2D eigenvalue weighted by atomic mass is 32.1. The first kappa shape index (κ1) is 17.4. The van der Waals surface area contributed by atoms with Crippen LogP contribution in [0.1, 0.15) is 17.4 Å². The molecule has 0 spiro atoms. The Kier molecular flexibility index (Phi) is 4.09. The van der Waals surface area contributed by atoms with E-state index in [0.717, 1.165) is 9.44 Å². The second-order valence-corrected chi connectivity index (χ2v) is 7.22. The van der Waals surface area contributed by atoms with Crippen molar-refractivity contribution in [3.63, 3.8) is 0 Å². The lowest BCUT2D eigenvalue weighted by atomic mass is 9.90. The highest BCUT2D eigenvalue weighted by molar-refractivity contribution is 7.10. The number of fused-ring (bicyclic) bond motifs is 1. The molecule has 0 aliphatic carbocycles. The van der Waals surface area contributed by atoms with E-state index < -0.39 is 23.4 Å². The number of rotatable bonds is 2. The highest BCUT2D eigenvalue weighted by Crippen LogP contribution is 2.44. The number of ether oxygens (including phenoxy) is 1. The minimum absolute atomic E-state index is 0.0468. The molecule has 4 rings (SSSR count). The maximum atomic E-state index is 15.0. The summed E-state index contributed by atoms with van der Waals surface area (Å²) in [6, 6.07) is 9.75. The number of hydrogen-bond donors (Lipinski definition) is 2. The second kappa shape index (κ2) is 6.33. The molecule has 2 aromatic heterocycles. The van der Waals surface area contributed by atoms with Gasteiger partial charge in [-0.3, -0.25) is 9.36 Å². The Morgan fingerprint density at radius 1 is 1.37 bits per heavy atom. The molecule has 1 unspecified atom stereocenters. The van der Waals surface area contributed by atoms with Crippen molar-refractivity contribution in [3.05, 3.63) is 64.2 Å². The van der Waals surface area contributed by atoms with Crippen molar-refractivity contribution in [1.82, 2.24) is 4.57 Å². The van der Waals surface area contributed by atoms with Crippen LogP contribution in [-0.4, -0.2) is 28.3 Å². The average Bonchev–Trinajstić information content (AvgIpc) is 3.31. The number of hydrogen-bond acceptors (Lipinski definition) is 4. The van der Waals surface area contributed by atoms with Crippen molar-refractivity contribution in [3.8, 4) is 11.3 Å². The summed E-state index contributed by atoms with van der Waals surface area (Å²) in [6.07, 6.45) is 0.216. The molecule has 27 heavy (non-hydrogen) atoms. The molecule has 1 aromatic carbocycles. The summed E-state index contributed by atoms with van der Waals surface area (Å²) in [5.74, 6) is -1.10. The first-order valence-electron chi connectivity index (χ1n) is 8.13. The standard InChI is InChI=1S/C19H15FN2O4S/c1-19(15-5-3-7-27-15)12-8-11(14-4-2-6-22(14)18(24)25)9-13(20)17(12)21-16(23)10-26-19/h2-9H,10H2,1H3,(H,21,23)(H,24,25). The zero-order chi connectivity index (χ0) is 19.2. The van der Waals surface area contributed by atoms with Crippen LogP contribution in [0, 0.1) is 5.82 Å². The predicted molar refractivity (Wildman–Crippen MR) is 98.6 cm³/mol. The molecule has 0 fully saturated rings. The lowest BCUT2D eigenvalue weighted by molar-refractivity contribution is -0.124. The fraction of sp³-hybridized carbons (Fsp3) is 0.158. The Balaban J connectivity index is 1.97. The number of halogens is 1. The van der Waals surface area contributed by atoms with E-state index in [1.54, 1.807) is 25.1 Å². The van der Waals surface area contributed by atoms with Crippen LogP contribution in [0.25, 0.3) is 11.3 Å². The van der Waals surface area contributed by atoms with Gasteiger partial charge in [0.15, 0.2) is 0 Å². The van der Waals surface area contributed by atoms with E-state index in [0.29, 0.717) is 16.8 Å². The largest absolute Gasteiger partial charge is 0.464 e. The number of nitrogens with zero attached hydrogens (tertiary/aromatic N) is 1. The van der Waals surface area contributed by atoms with Crippen molar-refractivity contribution in [2.24, 2.45) is 0 Å². The maximum Gasteiger partial charge on any atom is 0.415 e. The number of carbonyl (C=O) groups is 2. The molecule has 0 saturated carbocycles. The van der Waals surface area contributed by atoms with Crippen molar-refractivity contribution in [2.75, 3.05) is 11.9 Å². The number of anilines is 1. The fourth-order valence-corrected chi connectivity index (χ4v) is 4.11. The normalized spacial score (nSPS) is 19.3. The van der Waals surface area contributed by atoms with E-state index in [1.807, 2.05) is 17.5 Å². The van der Waals surface area contributed by atoms with Gasteiger partial charge in [-0.2, -0.15) is 0 Å². The van der Waals surface area contributed by atoms with E-state index in [9.17, 15) is 19.1 Å². The van der Waals surface area contributed by atoms with Gasteiger partial charge in [0.1, 0.15) is 18.0 Å². The molecule has 1 atom stereocenters. The third-order valence-electron chi connectivity index (χ3n) is 4.60. The summed E-state index contributed by atoms with van der Waals surface area (Å²) in [5.41, 5.74) is 0.129. The SMILES string of the molecule is CC1(c2cccs2)OCC(=O)Nc2c(F)cc(-c3cccn3C(=O)O)cc21. The Bertz CT molecular complexity index is 1040. The van der Waals surface area contributed by atoms with Crippen molar-refractivity contribution in [1.29, 1.82) is 0 Å². The number of amides is 1. The van der Waals surface area contributed by atoms with Crippen molar-refractivity contribution < 1.29 is 23.8 Å². The van der Waals surface area contributed by atoms with Crippen LogP contribution in [0.5, 0.6) is 0 Å². The van der Waals surface area contributed by atoms with Crippen LogP contribution in [-0.2, 0) is 15.1 Å². The summed E-state index contributed by atoms with van der Waals surface area (Å²) in [7, 11) is 0. The minimum Gasteiger partial charge on any atom is -0.464 e. The van der Waals surface area contributed by atoms with Gasteiger partial charge in [-0.25, -0.2) is 9.18 Å². The molecule has 6 nitrogen and oxygen atoms in total. The Labute approximate surface area is 157 Å². The van der Waals surface area contributed by atoms with E-state index in [2.05, 4.69) is 5.32 Å². The molecule has 3 heterocycles. The minimum atomic E-state index is -1.17. The molecule has 1 amide bonds. The van der Waals surface area contributed by atoms with E-state index in [-0.39, 0.29) is 12.3 Å². The van der Waals surface area contributed by atoms with Crippen molar-refractivity contribution in [2.45, 2.75) is 12.5 Å². The smallest absolute Gasteiger partial charge is 0.415 e. The molecule has 2 N–H and O–H groups in total. The second-order valence-electron chi connectivity index (χ2n) is 6.27. The number of carbonyl (C=O) groups excluding carboxylic acids is 1. The number of thiophene rings is 1. The van der Waals surface area contributed by atoms with Gasteiger partial charge in [0.2, 0.25) is 0 Å². The quantitative estimate of drug-likeness (QED) is 0.694. The number of benzene rings is 1. The van der Waals surface area contributed by atoms with E-state index in [4.69, 9.17) is 4.74 Å². The van der Waals surface area contributed by atoms with Gasteiger partial charge >= 0.3 is 6.09 Å². The Hall–Kier alpha value is -2.97. The molecular weight excluding hydrogens is 371 g/mol. The lowest BCUT2D eigenvalue weighted by Crippen LogP contribution is -2.27. The molecule has 138 valence electrons. The lowest BCUT2D eigenvalue weighted by Gasteiger charge is -2.29. The van der Waals surface area contributed by atoms with Gasteiger partial charge < -0.3 is 15.2 Å². The molecule has 0 radical (unpaired) electrons. The molecule has 0 saturated heterocycles. The Morgan fingerprint density at radius 2 is 2.19 bits per heavy atom. The molecule has 0 bridgehead atoms. The summed E-state index contributed by atoms with van der Waals surface area (Å²) in [5, 5.41) is 13.8. The van der Waals surface area contributed by atoms with Crippen LogP contribution < -0.4 is 5.32 Å². The molecular formula is C19H15FN2O4S. The number of nitrogens with one attached hydrogen (secondary N) is 1. The van der Waals surface area contributed by atoms with Gasteiger partial charge in [0.05, 0.1) is 11.4 Å². The molecule has 1 aliphatic heterocycles.